The largest absolute Gasteiger partial charge is 0.313 e. The summed E-state index contributed by atoms with van der Waals surface area (Å²) in [5.74, 6) is 0.880. The Morgan fingerprint density at radius 2 is 1.79 bits per heavy atom. The highest BCUT2D eigenvalue weighted by atomic mass is 15.2. The Bertz CT molecular complexity index is 269. The Morgan fingerprint density at radius 1 is 1.11 bits per heavy atom. The number of rotatable bonds is 4. The van der Waals surface area contributed by atoms with Gasteiger partial charge in [-0.25, -0.2) is 0 Å². The van der Waals surface area contributed by atoms with E-state index >= 15 is 0 Å². The van der Waals surface area contributed by atoms with Gasteiger partial charge in [0, 0.05) is 45.3 Å². The fourth-order valence-electron chi connectivity index (χ4n) is 4.00. The molecule has 0 aromatic rings. The van der Waals surface area contributed by atoms with Gasteiger partial charge in [-0.05, 0) is 37.6 Å². The van der Waals surface area contributed by atoms with E-state index in [1.165, 1.54) is 52.0 Å². The predicted molar refractivity (Wildman–Crippen MR) is 82.5 cm³/mol. The summed E-state index contributed by atoms with van der Waals surface area (Å²) in [6.07, 6.45) is 4.11. The third kappa shape index (κ3) is 5.05. The van der Waals surface area contributed by atoms with E-state index in [1.807, 2.05) is 0 Å². The number of nitrogens with one attached hydrogen (secondary N) is 1. The molecule has 0 aromatic heterocycles. The molecular weight excluding hydrogens is 234 g/mol. The second kappa shape index (κ2) is 6.55. The summed E-state index contributed by atoms with van der Waals surface area (Å²) in [4.78, 5) is 5.03. The lowest BCUT2D eigenvalue weighted by Crippen LogP contribution is -2.48. The van der Waals surface area contributed by atoms with Crippen LogP contribution in [-0.4, -0.2) is 62.2 Å². The molecule has 2 unspecified atom stereocenters. The van der Waals surface area contributed by atoms with Gasteiger partial charge in [0.05, 0.1) is 0 Å². The number of likely N-dealkylation sites (N-methyl/N-ethyl adjacent to an activating group) is 1. The fourth-order valence-corrected chi connectivity index (χ4v) is 4.00. The lowest BCUT2D eigenvalue weighted by molar-refractivity contribution is 0.135. The minimum atomic E-state index is 0.531. The standard InChI is InChI=1S/C16H33N3/c1-14-11-15(13-16(2,3)12-14)17-5-6-19-9-7-18(4)8-10-19/h14-15,17H,5-13H2,1-4H3. The predicted octanol–water partition coefficient (Wildman–Crippen LogP) is 2.04. The van der Waals surface area contributed by atoms with Gasteiger partial charge in [0.15, 0.2) is 0 Å². The van der Waals surface area contributed by atoms with Crippen LogP contribution < -0.4 is 5.32 Å². The average Bonchev–Trinajstić information content (AvgIpc) is 2.29. The summed E-state index contributed by atoms with van der Waals surface area (Å²) in [5, 5.41) is 3.81. The van der Waals surface area contributed by atoms with E-state index in [2.05, 4.69) is 42.9 Å². The SMILES string of the molecule is CC1CC(NCCN2CCN(C)CC2)CC(C)(C)C1. The van der Waals surface area contributed by atoms with Crippen LogP contribution >= 0.6 is 0 Å². The van der Waals surface area contributed by atoms with Crippen molar-refractivity contribution in [3.63, 3.8) is 0 Å². The minimum absolute atomic E-state index is 0.531. The highest BCUT2D eigenvalue weighted by Gasteiger charge is 2.31. The topological polar surface area (TPSA) is 18.5 Å². The third-order valence-corrected chi connectivity index (χ3v) is 4.84. The zero-order valence-corrected chi connectivity index (χ0v) is 13.4. The zero-order chi connectivity index (χ0) is 13.9. The molecule has 1 heterocycles. The van der Waals surface area contributed by atoms with E-state index in [-0.39, 0.29) is 0 Å². The number of piperazine rings is 1. The van der Waals surface area contributed by atoms with Crippen molar-refractivity contribution in [3.05, 3.63) is 0 Å². The molecule has 2 fully saturated rings. The van der Waals surface area contributed by atoms with E-state index in [0.717, 1.165) is 18.5 Å². The van der Waals surface area contributed by atoms with E-state index < -0.39 is 0 Å². The van der Waals surface area contributed by atoms with Crippen molar-refractivity contribution in [2.45, 2.75) is 46.1 Å². The van der Waals surface area contributed by atoms with Gasteiger partial charge in [0.25, 0.3) is 0 Å². The van der Waals surface area contributed by atoms with Crippen molar-refractivity contribution in [2.75, 3.05) is 46.3 Å². The maximum atomic E-state index is 3.81. The average molecular weight is 267 g/mol. The Balaban J connectivity index is 1.65. The summed E-state index contributed by atoms with van der Waals surface area (Å²) in [5.41, 5.74) is 0.531. The summed E-state index contributed by atoms with van der Waals surface area (Å²) < 4.78 is 0. The monoisotopic (exact) mass is 267 g/mol. The maximum Gasteiger partial charge on any atom is 0.0110 e. The summed E-state index contributed by atoms with van der Waals surface area (Å²) >= 11 is 0. The van der Waals surface area contributed by atoms with Gasteiger partial charge in [-0.15, -0.1) is 0 Å². The summed E-state index contributed by atoms with van der Waals surface area (Å²) in [7, 11) is 2.22. The first-order chi connectivity index (χ1) is 8.94. The van der Waals surface area contributed by atoms with Crippen molar-refractivity contribution in [3.8, 4) is 0 Å². The molecule has 0 amide bonds. The molecule has 1 saturated carbocycles. The number of nitrogens with zero attached hydrogens (tertiary/aromatic N) is 2. The Hall–Kier alpha value is -0.120. The van der Waals surface area contributed by atoms with Gasteiger partial charge in [-0.3, -0.25) is 4.90 Å². The van der Waals surface area contributed by atoms with Crippen LogP contribution in [0.5, 0.6) is 0 Å². The Kier molecular flexibility index (Phi) is 5.27. The molecule has 2 atom stereocenters. The molecule has 3 heteroatoms. The zero-order valence-electron chi connectivity index (χ0n) is 13.4. The van der Waals surface area contributed by atoms with Crippen LogP contribution in [-0.2, 0) is 0 Å². The first-order valence-electron chi connectivity index (χ1n) is 8.09. The molecule has 1 N–H and O–H groups in total. The highest BCUT2D eigenvalue weighted by Crippen LogP contribution is 2.38. The molecule has 0 aromatic carbocycles. The molecule has 1 aliphatic heterocycles. The van der Waals surface area contributed by atoms with Gasteiger partial charge in [0.1, 0.15) is 0 Å². The van der Waals surface area contributed by atoms with Gasteiger partial charge >= 0.3 is 0 Å². The smallest absolute Gasteiger partial charge is 0.0110 e. The molecule has 0 radical (unpaired) electrons. The van der Waals surface area contributed by atoms with Crippen molar-refractivity contribution >= 4 is 0 Å². The maximum absolute atomic E-state index is 3.81. The van der Waals surface area contributed by atoms with Crippen LogP contribution in [0, 0.1) is 11.3 Å². The molecule has 0 spiro atoms. The minimum Gasteiger partial charge on any atom is -0.313 e. The molecular formula is C16H33N3. The van der Waals surface area contributed by atoms with E-state index in [9.17, 15) is 0 Å². The van der Waals surface area contributed by atoms with Gasteiger partial charge in [0.2, 0.25) is 0 Å². The van der Waals surface area contributed by atoms with Crippen molar-refractivity contribution in [1.82, 2.24) is 15.1 Å². The number of hydrogen-bond donors (Lipinski definition) is 1. The van der Waals surface area contributed by atoms with Gasteiger partial charge in [-0.2, -0.15) is 0 Å². The van der Waals surface area contributed by atoms with Crippen molar-refractivity contribution in [2.24, 2.45) is 11.3 Å². The molecule has 19 heavy (non-hydrogen) atoms. The Morgan fingerprint density at radius 3 is 2.42 bits per heavy atom. The van der Waals surface area contributed by atoms with E-state index in [1.54, 1.807) is 0 Å². The molecule has 2 rings (SSSR count). The lowest BCUT2D eigenvalue weighted by Gasteiger charge is -2.40. The molecule has 1 aliphatic carbocycles. The van der Waals surface area contributed by atoms with E-state index in [4.69, 9.17) is 0 Å². The van der Waals surface area contributed by atoms with Gasteiger partial charge < -0.3 is 10.2 Å². The van der Waals surface area contributed by atoms with E-state index in [0.29, 0.717) is 5.41 Å². The van der Waals surface area contributed by atoms with Crippen molar-refractivity contribution < 1.29 is 0 Å². The molecule has 112 valence electrons. The molecule has 3 nitrogen and oxygen atoms in total. The summed E-state index contributed by atoms with van der Waals surface area (Å²) in [6.45, 7) is 14.6. The van der Waals surface area contributed by atoms with Crippen LogP contribution in [0.1, 0.15) is 40.0 Å². The molecule has 1 saturated heterocycles. The van der Waals surface area contributed by atoms with Crippen LogP contribution in [0.3, 0.4) is 0 Å². The van der Waals surface area contributed by atoms with Crippen molar-refractivity contribution in [1.29, 1.82) is 0 Å². The van der Waals surface area contributed by atoms with Crippen LogP contribution in [0.15, 0.2) is 0 Å². The normalized spacial score (nSPS) is 33.5. The second-order valence-electron chi connectivity index (χ2n) is 7.71. The second-order valence-corrected chi connectivity index (χ2v) is 7.71. The molecule has 0 bridgehead atoms. The Labute approximate surface area is 119 Å². The fraction of sp³-hybridized carbons (Fsp3) is 1.00. The summed E-state index contributed by atoms with van der Waals surface area (Å²) in [6, 6.07) is 0.742. The van der Waals surface area contributed by atoms with Crippen LogP contribution in [0.4, 0.5) is 0 Å². The molecule has 2 aliphatic rings. The number of hydrogen-bond acceptors (Lipinski definition) is 3. The first-order valence-corrected chi connectivity index (χ1v) is 8.09. The van der Waals surface area contributed by atoms with Crippen LogP contribution in [0.2, 0.25) is 0 Å². The quantitative estimate of drug-likeness (QED) is 0.841. The highest BCUT2D eigenvalue weighted by molar-refractivity contribution is 4.86. The van der Waals surface area contributed by atoms with Gasteiger partial charge in [-0.1, -0.05) is 20.8 Å². The first kappa shape index (κ1) is 15.3. The third-order valence-electron chi connectivity index (χ3n) is 4.84. The lowest BCUT2D eigenvalue weighted by atomic mass is 9.70. The van der Waals surface area contributed by atoms with Crippen LogP contribution in [0.25, 0.3) is 0 Å².